The first kappa shape index (κ1) is 19.1. The number of nitrogens with zero attached hydrogens (tertiary/aromatic N) is 1. The van der Waals surface area contributed by atoms with Crippen LogP contribution in [0.2, 0.25) is 0 Å². The van der Waals surface area contributed by atoms with Crippen molar-refractivity contribution >= 4 is 11.6 Å². The van der Waals surface area contributed by atoms with Gasteiger partial charge in [0, 0.05) is 16.9 Å². The first-order valence-electron chi connectivity index (χ1n) is 9.02. The van der Waals surface area contributed by atoms with Crippen LogP contribution in [0, 0.1) is 19.7 Å². The summed E-state index contributed by atoms with van der Waals surface area (Å²) in [6.45, 7) is 9.56. The van der Waals surface area contributed by atoms with Gasteiger partial charge in [-0.2, -0.15) is 0 Å². The van der Waals surface area contributed by atoms with Gasteiger partial charge in [0.1, 0.15) is 5.82 Å². The summed E-state index contributed by atoms with van der Waals surface area (Å²) in [4.78, 5) is 17.3. The van der Waals surface area contributed by atoms with E-state index in [1.165, 1.54) is 0 Å². The van der Waals surface area contributed by atoms with E-state index in [1.54, 1.807) is 13.8 Å². The quantitative estimate of drug-likeness (QED) is 0.787. The highest BCUT2D eigenvalue weighted by atomic mass is 19.1. The van der Waals surface area contributed by atoms with Gasteiger partial charge >= 0.3 is 0 Å². The molecule has 0 spiro atoms. The average Bonchev–Trinajstić information content (AvgIpc) is 2.58. The van der Waals surface area contributed by atoms with Crippen LogP contribution in [0.4, 0.5) is 10.1 Å². The number of rotatable bonds is 6. The largest absolute Gasteiger partial charge is 0.321 e. The second-order valence-electron chi connectivity index (χ2n) is 6.31. The van der Waals surface area contributed by atoms with Crippen LogP contribution in [0.15, 0.2) is 18.2 Å². The molecule has 134 valence electrons. The number of para-hydroxylation sites is 1. The van der Waals surface area contributed by atoms with Crippen LogP contribution in [-0.2, 0) is 19.3 Å². The minimum absolute atomic E-state index is 0.0574. The lowest BCUT2D eigenvalue weighted by Crippen LogP contribution is -2.20. The molecule has 0 fully saturated rings. The van der Waals surface area contributed by atoms with Crippen LogP contribution in [0.25, 0.3) is 0 Å². The average molecular weight is 342 g/mol. The van der Waals surface area contributed by atoms with Gasteiger partial charge in [-0.05, 0) is 44.2 Å². The molecular formula is C21H27FN2O. The Bertz CT molecular complexity index is 762. The fraction of sp³-hybridized carbons (Fsp3) is 0.429. The number of hydrogen-bond acceptors (Lipinski definition) is 2. The number of carbonyl (C=O) groups is 1. The number of aromatic nitrogens is 1. The molecule has 1 aromatic heterocycles. The van der Waals surface area contributed by atoms with Crippen LogP contribution in [0.1, 0.15) is 65.6 Å². The highest BCUT2D eigenvalue weighted by Gasteiger charge is 2.22. The van der Waals surface area contributed by atoms with E-state index in [1.807, 2.05) is 39.0 Å². The SMILES string of the molecule is CCCc1c(C)nc(C)c(C(=O)Nc2c(CC)cccc2CC)c1F. The highest BCUT2D eigenvalue weighted by molar-refractivity contribution is 6.06. The fourth-order valence-corrected chi connectivity index (χ4v) is 3.23. The van der Waals surface area contributed by atoms with Crippen molar-refractivity contribution in [3.8, 4) is 0 Å². The van der Waals surface area contributed by atoms with Gasteiger partial charge in [0.15, 0.2) is 0 Å². The number of hydrogen-bond donors (Lipinski definition) is 1. The molecule has 0 saturated heterocycles. The summed E-state index contributed by atoms with van der Waals surface area (Å²) in [7, 11) is 0. The Morgan fingerprint density at radius 3 is 2.20 bits per heavy atom. The van der Waals surface area contributed by atoms with E-state index >= 15 is 0 Å². The molecule has 2 rings (SSSR count). The van der Waals surface area contributed by atoms with E-state index in [0.29, 0.717) is 23.4 Å². The number of benzene rings is 1. The predicted molar refractivity (Wildman–Crippen MR) is 101 cm³/mol. The van der Waals surface area contributed by atoms with Crippen LogP contribution in [-0.4, -0.2) is 10.9 Å². The minimum atomic E-state index is -0.434. The molecule has 1 amide bonds. The van der Waals surface area contributed by atoms with Crippen molar-refractivity contribution in [2.45, 2.75) is 60.3 Å². The molecule has 0 atom stereocenters. The summed E-state index contributed by atoms with van der Waals surface area (Å²) >= 11 is 0. The highest BCUT2D eigenvalue weighted by Crippen LogP contribution is 2.26. The number of pyridine rings is 1. The summed E-state index contributed by atoms with van der Waals surface area (Å²) in [6, 6.07) is 5.98. The molecule has 1 heterocycles. The van der Waals surface area contributed by atoms with Crippen molar-refractivity contribution < 1.29 is 9.18 Å². The second kappa shape index (κ2) is 8.24. The molecule has 1 N–H and O–H groups in total. The standard InChI is InChI=1S/C21H27FN2O/c1-6-10-17-13(4)23-14(5)18(19(17)22)21(25)24-20-15(7-2)11-9-12-16(20)8-3/h9,11-12H,6-8,10H2,1-5H3,(H,24,25). The summed E-state index contributed by atoms with van der Waals surface area (Å²) in [5.41, 5.74) is 4.60. The zero-order valence-corrected chi connectivity index (χ0v) is 15.8. The first-order chi connectivity index (χ1) is 11.9. The van der Waals surface area contributed by atoms with Crippen LogP contribution >= 0.6 is 0 Å². The molecule has 0 saturated carbocycles. The smallest absolute Gasteiger partial charge is 0.260 e. The molecule has 0 aliphatic rings. The molecular weight excluding hydrogens is 315 g/mol. The van der Waals surface area contributed by atoms with Crippen LogP contribution in [0.3, 0.4) is 0 Å². The van der Waals surface area contributed by atoms with Crippen molar-refractivity contribution in [1.29, 1.82) is 0 Å². The molecule has 3 nitrogen and oxygen atoms in total. The van der Waals surface area contributed by atoms with Gasteiger partial charge in [0.2, 0.25) is 0 Å². The molecule has 4 heteroatoms. The number of carbonyl (C=O) groups excluding carboxylic acids is 1. The molecule has 25 heavy (non-hydrogen) atoms. The maximum absolute atomic E-state index is 15.0. The van der Waals surface area contributed by atoms with Crippen LogP contribution in [0.5, 0.6) is 0 Å². The van der Waals surface area contributed by atoms with Crippen molar-refractivity contribution in [3.05, 3.63) is 57.7 Å². The van der Waals surface area contributed by atoms with Crippen LogP contribution < -0.4 is 5.32 Å². The lowest BCUT2D eigenvalue weighted by Gasteiger charge is -2.17. The van der Waals surface area contributed by atoms with Gasteiger partial charge in [-0.3, -0.25) is 9.78 Å². The van der Waals surface area contributed by atoms with E-state index < -0.39 is 11.7 Å². The fourth-order valence-electron chi connectivity index (χ4n) is 3.23. The maximum atomic E-state index is 15.0. The molecule has 0 radical (unpaired) electrons. The monoisotopic (exact) mass is 342 g/mol. The summed E-state index contributed by atoms with van der Waals surface area (Å²) in [5, 5.41) is 2.95. The molecule has 2 aromatic rings. The van der Waals surface area contributed by atoms with Gasteiger partial charge in [-0.15, -0.1) is 0 Å². The minimum Gasteiger partial charge on any atom is -0.321 e. The maximum Gasteiger partial charge on any atom is 0.260 e. The molecule has 0 unspecified atom stereocenters. The Morgan fingerprint density at radius 1 is 1.08 bits per heavy atom. The van der Waals surface area contributed by atoms with E-state index in [-0.39, 0.29) is 5.56 Å². The van der Waals surface area contributed by atoms with Crippen molar-refractivity contribution in [3.63, 3.8) is 0 Å². The topological polar surface area (TPSA) is 42.0 Å². The van der Waals surface area contributed by atoms with Crippen molar-refractivity contribution in [1.82, 2.24) is 4.98 Å². The Hall–Kier alpha value is -2.23. The van der Waals surface area contributed by atoms with E-state index in [2.05, 4.69) is 10.3 Å². The van der Waals surface area contributed by atoms with E-state index in [0.717, 1.165) is 36.1 Å². The number of anilines is 1. The van der Waals surface area contributed by atoms with Gasteiger partial charge in [0.05, 0.1) is 11.3 Å². The third-order valence-electron chi connectivity index (χ3n) is 4.58. The number of aryl methyl sites for hydroxylation is 4. The second-order valence-corrected chi connectivity index (χ2v) is 6.31. The normalized spacial score (nSPS) is 10.8. The zero-order chi connectivity index (χ0) is 18.6. The summed E-state index contributed by atoms with van der Waals surface area (Å²) in [5.74, 6) is -0.855. The van der Waals surface area contributed by atoms with E-state index in [9.17, 15) is 9.18 Å². The predicted octanol–water partition coefficient (Wildman–Crippen LogP) is 5.17. The van der Waals surface area contributed by atoms with Gasteiger partial charge in [-0.1, -0.05) is 45.4 Å². The molecule has 0 bridgehead atoms. The third-order valence-corrected chi connectivity index (χ3v) is 4.58. The summed E-state index contributed by atoms with van der Waals surface area (Å²) < 4.78 is 15.0. The van der Waals surface area contributed by atoms with E-state index in [4.69, 9.17) is 0 Å². The van der Waals surface area contributed by atoms with Crippen molar-refractivity contribution in [2.75, 3.05) is 5.32 Å². The van der Waals surface area contributed by atoms with Gasteiger partial charge in [0.25, 0.3) is 5.91 Å². The first-order valence-corrected chi connectivity index (χ1v) is 9.02. The van der Waals surface area contributed by atoms with Gasteiger partial charge < -0.3 is 5.32 Å². The van der Waals surface area contributed by atoms with Crippen molar-refractivity contribution in [2.24, 2.45) is 0 Å². The number of nitrogens with one attached hydrogen (secondary N) is 1. The third kappa shape index (κ3) is 3.89. The summed E-state index contributed by atoms with van der Waals surface area (Å²) in [6.07, 6.45) is 3.00. The molecule has 1 aromatic carbocycles. The Kier molecular flexibility index (Phi) is 6.29. The number of amides is 1. The van der Waals surface area contributed by atoms with Gasteiger partial charge in [-0.25, -0.2) is 4.39 Å². The number of halogens is 1. The Labute approximate surface area is 149 Å². The Morgan fingerprint density at radius 2 is 1.68 bits per heavy atom. The Balaban J connectivity index is 2.48. The zero-order valence-electron chi connectivity index (χ0n) is 15.8. The molecule has 0 aliphatic heterocycles. The molecule has 0 aliphatic carbocycles. The lowest BCUT2D eigenvalue weighted by atomic mass is 10.0. The lowest BCUT2D eigenvalue weighted by molar-refractivity contribution is 0.102.